The van der Waals surface area contributed by atoms with Crippen molar-refractivity contribution in [2.75, 3.05) is 11.4 Å². The number of ether oxygens (including phenoxy) is 1. The minimum absolute atomic E-state index is 0.00286. The molecule has 0 N–H and O–H groups in total. The smallest absolute Gasteiger partial charge is 0.337 e. The van der Waals surface area contributed by atoms with Gasteiger partial charge in [0, 0.05) is 23.9 Å². The van der Waals surface area contributed by atoms with E-state index >= 15 is 0 Å². The van der Waals surface area contributed by atoms with Crippen LogP contribution in [0.2, 0.25) is 0 Å². The molecule has 0 aliphatic rings. The van der Waals surface area contributed by atoms with Crippen LogP contribution in [0.25, 0.3) is 11.0 Å². The minimum atomic E-state index is -4.40. The highest BCUT2D eigenvalue weighted by Gasteiger charge is 2.33. The van der Waals surface area contributed by atoms with Gasteiger partial charge in [0.25, 0.3) is 15.7 Å². The van der Waals surface area contributed by atoms with E-state index in [1.54, 1.807) is 13.8 Å². The highest BCUT2D eigenvalue weighted by atomic mass is 32.2. The molecule has 3 aromatic carbocycles. The number of methoxy groups -OCH3 is 1. The largest absolute Gasteiger partial charge is 0.465 e. The van der Waals surface area contributed by atoms with Crippen LogP contribution in [0.5, 0.6) is 0 Å². The summed E-state index contributed by atoms with van der Waals surface area (Å²) < 4.78 is 47.9. The SMILES string of the molecule is COC(=O)c1cc(C(C)N(c2cccc(F)c2)S(=O)(=O)c2ccc([N+](=O)[O-])cc2)c2nc(C)cnc2c1. The Hall–Kier alpha value is -4.45. The van der Waals surface area contributed by atoms with Gasteiger partial charge in [-0.15, -0.1) is 0 Å². The zero-order valence-electron chi connectivity index (χ0n) is 20.0. The third-order valence-corrected chi connectivity index (χ3v) is 7.60. The maximum atomic E-state index is 14.3. The molecule has 0 radical (unpaired) electrons. The number of nitro groups is 1. The van der Waals surface area contributed by atoms with Crippen molar-refractivity contribution in [2.45, 2.75) is 24.8 Å². The molecule has 0 aliphatic carbocycles. The van der Waals surface area contributed by atoms with Gasteiger partial charge in [0.05, 0.1) is 50.9 Å². The molecule has 0 bridgehead atoms. The first-order chi connectivity index (χ1) is 17.5. The quantitative estimate of drug-likeness (QED) is 0.193. The van der Waals surface area contributed by atoms with Crippen molar-refractivity contribution in [3.05, 3.63) is 99.6 Å². The first-order valence-corrected chi connectivity index (χ1v) is 12.4. The van der Waals surface area contributed by atoms with Crippen LogP contribution >= 0.6 is 0 Å². The van der Waals surface area contributed by atoms with Gasteiger partial charge in [-0.25, -0.2) is 22.6 Å². The third-order valence-electron chi connectivity index (χ3n) is 5.69. The average molecular weight is 525 g/mol. The third kappa shape index (κ3) is 4.96. The molecule has 0 spiro atoms. The van der Waals surface area contributed by atoms with Crippen molar-refractivity contribution < 1.29 is 27.3 Å². The maximum absolute atomic E-state index is 14.3. The van der Waals surface area contributed by atoms with E-state index in [0.29, 0.717) is 22.3 Å². The van der Waals surface area contributed by atoms with Gasteiger partial charge in [-0.3, -0.25) is 19.4 Å². The van der Waals surface area contributed by atoms with E-state index in [9.17, 15) is 27.7 Å². The summed E-state index contributed by atoms with van der Waals surface area (Å²) in [5.74, 6) is -1.33. The lowest BCUT2D eigenvalue weighted by Crippen LogP contribution is -2.34. The van der Waals surface area contributed by atoms with Gasteiger partial charge >= 0.3 is 5.97 Å². The number of nitrogens with zero attached hydrogens (tertiary/aromatic N) is 4. The van der Waals surface area contributed by atoms with Crippen molar-refractivity contribution in [3.8, 4) is 0 Å². The summed E-state index contributed by atoms with van der Waals surface area (Å²) in [7, 11) is -3.18. The van der Waals surface area contributed by atoms with E-state index < -0.39 is 32.8 Å². The molecule has 0 amide bonds. The van der Waals surface area contributed by atoms with Crippen LogP contribution in [0.3, 0.4) is 0 Å². The summed E-state index contributed by atoms with van der Waals surface area (Å²) in [6, 6.07) is 11.3. The first kappa shape index (κ1) is 25.6. The van der Waals surface area contributed by atoms with Crippen LogP contribution in [0.15, 0.2) is 71.8 Å². The average Bonchev–Trinajstić information content (AvgIpc) is 2.87. The molecule has 0 aliphatic heterocycles. The second-order valence-corrected chi connectivity index (χ2v) is 9.96. The van der Waals surface area contributed by atoms with Crippen LogP contribution in [0.1, 0.15) is 34.6 Å². The lowest BCUT2D eigenvalue weighted by molar-refractivity contribution is -0.384. The molecule has 1 unspecified atom stereocenters. The Morgan fingerprint density at radius 3 is 2.46 bits per heavy atom. The molecule has 10 nitrogen and oxygen atoms in total. The number of aryl methyl sites for hydroxylation is 1. The lowest BCUT2D eigenvalue weighted by Gasteiger charge is -2.31. The standard InChI is InChI=1S/C25H21FN4O6S/c1-15-14-27-23-12-17(25(31)36-3)11-22(24(23)28-15)16(2)29(20-6-4-5-18(26)13-20)37(34,35)21-9-7-19(8-10-21)30(32)33/h4-14,16H,1-3H3. The maximum Gasteiger partial charge on any atom is 0.337 e. The number of hydrogen-bond donors (Lipinski definition) is 0. The number of benzene rings is 3. The van der Waals surface area contributed by atoms with Crippen molar-refractivity contribution in [2.24, 2.45) is 0 Å². The summed E-state index contributed by atoms with van der Waals surface area (Å²) in [6.45, 7) is 3.28. The van der Waals surface area contributed by atoms with E-state index in [2.05, 4.69) is 9.97 Å². The molecule has 1 atom stereocenters. The Labute approximate surface area is 211 Å². The summed E-state index contributed by atoms with van der Waals surface area (Å²) in [6.07, 6.45) is 1.51. The van der Waals surface area contributed by atoms with Gasteiger partial charge in [-0.1, -0.05) is 6.07 Å². The predicted molar refractivity (Wildman–Crippen MR) is 133 cm³/mol. The number of esters is 1. The number of carbonyl (C=O) groups is 1. The van der Waals surface area contributed by atoms with E-state index in [4.69, 9.17) is 4.74 Å². The molecule has 1 heterocycles. The zero-order chi connectivity index (χ0) is 26.9. The first-order valence-electron chi connectivity index (χ1n) is 10.9. The molecule has 12 heteroatoms. The molecule has 4 rings (SSSR count). The number of carbonyl (C=O) groups excluding carboxylic acids is 1. The highest BCUT2D eigenvalue weighted by Crippen LogP contribution is 2.36. The number of sulfonamides is 1. The van der Waals surface area contributed by atoms with Crippen molar-refractivity contribution in [3.63, 3.8) is 0 Å². The number of fused-ring (bicyclic) bond motifs is 1. The number of nitro benzene ring substituents is 1. The van der Waals surface area contributed by atoms with Crippen LogP contribution in [-0.4, -0.2) is 36.4 Å². The molecule has 0 saturated heterocycles. The Bertz CT molecular complexity index is 1630. The Balaban J connectivity index is 1.97. The van der Waals surface area contributed by atoms with Crippen LogP contribution < -0.4 is 4.31 Å². The molecule has 1 aromatic heterocycles. The Morgan fingerprint density at radius 2 is 1.84 bits per heavy atom. The predicted octanol–water partition coefficient (Wildman–Crippen LogP) is 4.73. The molecule has 0 fully saturated rings. The lowest BCUT2D eigenvalue weighted by atomic mass is 10.0. The summed E-state index contributed by atoms with van der Waals surface area (Å²) >= 11 is 0. The van der Waals surface area contributed by atoms with E-state index in [0.717, 1.165) is 34.6 Å². The molecule has 0 saturated carbocycles. The van der Waals surface area contributed by atoms with E-state index in [1.807, 2.05) is 0 Å². The fraction of sp³-hybridized carbons (Fsp3) is 0.160. The Morgan fingerprint density at radius 1 is 1.14 bits per heavy atom. The number of halogens is 1. The number of hydrogen-bond acceptors (Lipinski definition) is 8. The van der Waals surface area contributed by atoms with Gasteiger partial charge in [-0.05, 0) is 56.3 Å². The van der Waals surface area contributed by atoms with Crippen LogP contribution in [0.4, 0.5) is 15.8 Å². The number of anilines is 1. The van der Waals surface area contributed by atoms with Gasteiger partial charge < -0.3 is 4.74 Å². The highest BCUT2D eigenvalue weighted by molar-refractivity contribution is 7.92. The number of aromatic nitrogens is 2. The van der Waals surface area contributed by atoms with Crippen molar-refractivity contribution >= 4 is 38.4 Å². The van der Waals surface area contributed by atoms with Crippen LogP contribution in [-0.2, 0) is 14.8 Å². The van der Waals surface area contributed by atoms with Gasteiger partial charge in [0.15, 0.2) is 0 Å². The van der Waals surface area contributed by atoms with E-state index in [-0.39, 0.29) is 21.8 Å². The fourth-order valence-corrected chi connectivity index (χ4v) is 5.58. The molecule has 190 valence electrons. The second kappa shape index (κ2) is 9.90. The molecule has 37 heavy (non-hydrogen) atoms. The van der Waals surface area contributed by atoms with Crippen molar-refractivity contribution in [1.82, 2.24) is 9.97 Å². The minimum Gasteiger partial charge on any atom is -0.465 e. The normalized spacial score (nSPS) is 12.2. The van der Waals surface area contributed by atoms with Gasteiger partial charge in [0.1, 0.15) is 5.82 Å². The summed E-state index contributed by atoms with van der Waals surface area (Å²) in [5, 5.41) is 11.1. The fourth-order valence-electron chi connectivity index (χ4n) is 3.95. The van der Waals surface area contributed by atoms with Gasteiger partial charge in [-0.2, -0.15) is 0 Å². The molecular weight excluding hydrogens is 503 g/mol. The van der Waals surface area contributed by atoms with Gasteiger partial charge in [0.2, 0.25) is 0 Å². The number of non-ortho nitro benzene ring substituents is 1. The molecular formula is C25H21FN4O6S. The Kier molecular flexibility index (Phi) is 6.86. The van der Waals surface area contributed by atoms with Crippen LogP contribution in [0, 0.1) is 22.9 Å². The topological polar surface area (TPSA) is 133 Å². The second-order valence-electron chi connectivity index (χ2n) is 8.14. The number of rotatable bonds is 7. The van der Waals surface area contributed by atoms with E-state index in [1.165, 1.54) is 43.6 Å². The summed E-state index contributed by atoms with van der Waals surface area (Å²) in [5.41, 5.74) is 1.41. The zero-order valence-corrected chi connectivity index (χ0v) is 20.8. The molecule has 4 aromatic rings. The van der Waals surface area contributed by atoms with Crippen molar-refractivity contribution in [1.29, 1.82) is 0 Å². The summed E-state index contributed by atoms with van der Waals surface area (Å²) in [4.78, 5) is 31.4. The monoisotopic (exact) mass is 524 g/mol.